The van der Waals surface area contributed by atoms with Crippen molar-refractivity contribution in [1.82, 2.24) is 9.88 Å². The van der Waals surface area contributed by atoms with Gasteiger partial charge in [0.2, 0.25) is 0 Å². The Morgan fingerprint density at radius 2 is 1.89 bits per heavy atom. The van der Waals surface area contributed by atoms with Crippen molar-refractivity contribution >= 4 is 60.7 Å². The van der Waals surface area contributed by atoms with Gasteiger partial charge < -0.3 is 21.1 Å². The molecular weight excluding hydrogens is 542 g/mol. The summed E-state index contributed by atoms with van der Waals surface area (Å²) in [5.74, 6) is -0.997. The smallest absolute Gasteiger partial charge is 0.267 e. The molecule has 2 aromatic heterocycles. The van der Waals surface area contributed by atoms with E-state index in [1.54, 1.807) is 36.5 Å². The van der Waals surface area contributed by atoms with Gasteiger partial charge in [-0.05, 0) is 54.1 Å². The van der Waals surface area contributed by atoms with E-state index in [0.717, 1.165) is 15.4 Å². The lowest BCUT2D eigenvalue weighted by Gasteiger charge is -2.51. The number of halogens is 1. The molecule has 180 valence electrons. The lowest BCUT2D eigenvalue weighted by atomic mass is 9.75. The Bertz CT molecular complexity index is 1500. The zero-order valence-electron chi connectivity index (χ0n) is 18.8. The number of rotatable bonds is 5. The minimum Gasteiger partial charge on any atom is -0.397 e. The summed E-state index contributed by atoms with van der Waals surface area (Å²) in [7, 11) is 0. The molecule has 0 spiro atoms. The number of hydrogen-bond donors (Lipinski definition) is 3. The van der Waals surface area contributed by atoms with E-state index in [2.05, 4.69) is 32.3 Å². The minimum absolute atomic E-state index is 0.260. The third-order valence-corrected chi connectivity index (χ3v) is 7.98. The molecule has 0 radical (unpaired) electrons. The van der Waals surface area contributed by atoms with Crippen molar-refractivity contribution < 1.29 is 14.7 Å². The first kappa shape index (κ1) is 23.9. The summed E-state index contributed by atoms with van der Waals surface area (Å²) in [6, 6.07) is 18.5. The molecule has 2 aromatic carbocycles. The highest BCUT2D eigenvalue weighted by Crippen LogP contribution is 2.41. The molecule has 1 fully saturated rings. The van der Waals surface area contributed by atoms with E-state index >= 15 is 0 Å². The maximum Gasteiger partial charge on any atom is 0.267 e. The summed E-state index contributed by atoms with van der Waals surface area (Å²) in [6.45, 7) is -0.260. The van der Waals surface area contributed by atoms with E-state index < -0.39 is 12.1 Å². The fourth-order valence-electron chi connectivity index (χ4n) is 4.52. The van der Waals surface area contributed by atoms with Gasteiger partial charge in [0.15, 0.2) is 0 Å². The molecule has 3 atom stereocenters. The number of carbonyl (C=O) groups is 2. The molecule has 8 nitrogen and oxygen atoms in total. The van der Waals surface area contributed by atoms with Gasteiger partial charge in [0.1, 0.15) is 15.7 Å². The van der Waals surface area contributed by atoms with Crippen LogP contribution in [0, 0.1) is 11.3 Å². The SMILES string of the molecule is N#CC1C(c2ccc(Br)cc2)C(CO)N1C(=O)c1ccc(NC(=O)c2sc3ncccc3c2N)cc1. The zero-order valence-corrected chi connectivity index (χ0v) is 21.2. The van der Waals surface area contributed by atoms with Crippen LogP contribution in [0.4, 0.5) is 11.4 Å². The number of fused-ring (bicyclic) bond motifs is 1. The maximum absolute atomic E-state index is 13.2. The van der Waals surface area contributed by atoms with E-state index in [4.69, 9.17) is 5.73 Å². The number of pyridine rings is 1. The second kappa shape index (κ2) is 9.70. The number of nitriles is 1. The molecule has 0 aliphatic carbocycles. The molecular formula is C26H20BrN5O3S. The topological polar surface area (TPSA) is 132 Å². The van der Waals surface area contributed by atoms with Crippen molar-refractivity contribution in [2.24, 2.45) is 0 Å². The summed E-state index contributed by atoms with van der Waals surface area (Å²) < 4.78 is 0.909. The molecule has 1 aliphatic heterocycles. The van der Waals surface area contributed by atoms with Crippen molar-refractivity contribution in [2.45, 2.75) is 18.0 Å². The number of nitrogens with one attached hydrogen (secondary N) is 1. The van der Waals surface area contributed by atoms with E-state index in [-0.39, 0.29) is 24.3 Å². The number of nitrogen functional groups attached to an aromatic ring is 1. The summed E-state index contributed by atoms with van der Waals surface area (Å²) >= 11 is 4.61. The quantitative estimate of drug-likeness (QED) is 0.331. The molecule has 4 aromatic rings. The van der Waals surface area contributed by atoms with Crippen LogP contribution in [-0.4, -0.2) is 45.5 Å². The molecule has 10 heteroatoms. The van der Waals surface area contributed by atoms with Crippen LogP contribution in [-0.2, 0) is 0 Å². The molecule has 2 amide bonds. The molecule has 4 N–H and O–H groups in total. The van der Waals surface area contributed by atoms with Crippen molar-refractivity contribution in [3.05, 3.63) is 87.3 Å². The molecule has 1 saturated heterocycles. The number of thiophene rings is 1. The number of likely N-dealkylation sites (tertiary alicyclic amines) is 1. The number of aliphatic hydroxyl groups is 1. The first-order valence-corrected chi connectivity index (χ1v) is 12.7. The number of anilines is 2. The van der Waals surface area contributed by atoms with E-state index in [1.165, 1.54) is 16.2 Å². The number of carbonyl (C=O) groups excluding carboxylic acids is 2. The predicted molar refractivity (Wildman–Crippen MR) is 142 cm³/mol. The third-order valence-electron chi connectivity index (χ3n) is 6.32. The highest BCUT2D eigenvalue weighted by Gasteiger charge is 2.51. The highest BCUT2D eigenvalue weighted by atomic mass is 79.9. The fourth-order valence-corrected chi connectivity index (χ4v) is 5.75. The van der Waals surface area contributed by atoms with Gasteiger partial charge in [-0.15, -0.1) is 11.3 Å². The summed E-state index contributed by atoms with van der Waals surface area (Å²) in [6.07, 6.45) is 1.65. The highest BCUT2D eigenvalue weighted by molar-refractivity contribution is 9.10. The number of aliphatic hydroxyl groups excluding tert-OH is 1. The second-order valence-corrected chi connectivity index (χ2v) is 10.3. The van der Waals surface area contributed by atoms with Gasteiger partial charge in [-0.1, -0.05) is 28.1 Å². The zero-order chi connectivity index (χ0) is 25.4. The van der Waals surface area contributed by atoms with Gasteiger partial charge in [-0.3, -0.25) is 9.59 Å². The van der Waals surface area contributed by atoms with Gasteiger partial charge in [0.05, 0.1) is 24.4 Å². The van der Waals surface area contributed by atoms with E-state index in [1.807, 2.05) is 30.3 Å². The second-order valence-electron chi connectivity index (χ2n) is 8.35. The lowest BCUT2D eigenvalue weighted by molar-refractivity contribution is -0.00585. The predicted octanol–water partition coefficient (Wildman–Crippen LogP) is 4.39. The molecule has 1 aliphatic rings. The Balaban J connectivity index is 1.32. The number of nitrogens with two attached hydrogens (primary N) is 1. The first-order chi connectivity index (χ1) is 17.4. The fraction of sp³-hybridized carbons (Fsp3) is 0.154. The standard InChI is InChI=1S/C26H20BrN5O3S/c27-16-7-3-14(4-8-16)21-19(12-28)32(20(21)13-33)26(35)15-5-9-17(10-6-15)31-24(34)23-22(29)18-2-1-11-30-25(18)36-23/h1-11,19-21,33H,13,29H2,(H,31,34). The van der Waals surface area contributed by atoms with Crippen molar-refractivity contribution in [3.63, 3.8) is 0 Å². The molecule has 0 bridgehead atoms. The monoisotopic (exact) mass is 561 g/mol. The molecule has 3 heterocycles. The number of hydrogen-bond acceptors (Lipinski definition) is 7. The Morgan fingerprint density at radius 1 is 1.17 bits per heavy atom. The summed E-state index contributed by atoms with van der Waals surface area (Å²) in [5.41, 5.74) is 8.25. The molecule has 36 heavy (non-hydrogen) atoms. The molecule has 3 unspecified atom stereocenters. The maximum atomic E-state index is 13.2. The number of amides is 2. The van der Waals surface area contributed by atoms with E-state index in [0.29, 0.717) is 26.6 Å². The average molecular weight is 562 g/mol. The molecule has 0 saturated carbocycles. The van der Waals surface area contributed by atoms with Crippen LogP contribution >= 0.6 is 27.3 Å². The van der Waals surface area contributed by atoms with Crippen molar-refractivity contribution in [1.29, 1.82) is 5.26 Å². The first-order valence-electron chi connectivity index (χ1n) is 11.1. The van der Waals surface area contributed by atoms with Crippen LogP contribution in [0.1, 0.15) is 31.5 Å². The van der Waals surface area contributed by atoms with Crippen molar-refractivity contribution in [2.75, 3.05) is 17.7 Å². The Labute approximate surface area is 219 Å². The van der Waals surface area contributed by atoms with Crippen LogP contribution in [0.25, 0.3) is 10.2 Å². The number of nitrogens with zero attached hydrogens (tertiary/aromatic N) is 3. The van der Waals surface area contributed by atoms with Crippen LogP contribution in [0.2, 0.25) is 0 Å². The van der Waals surface area contributed by atoms with Crippen LogP contribution < -0.4 is 11.1 Å². The van der Waals surface area contributed by atoms with Gasteiger partial charge in [-0.25, -0.2) is 4.98 Å². The van der Waals surface area contributed by atoms with Crippen LogP contribution in [0.3, 0.4) is 0 Å². The van der Waals surface area contributed by atoms with Crippen LogP contribution in [0.5, 0.6) is 0 Å². The van der Waals surface area contributed by atoms with Crippen molar-refractivity contribution in [3.8, 4) is 6.07 Å². The minimum atomic E-state index is -0.695. The number of benzene rings is 2. The van der Waals surface area contributed by atoms with Gasteiger partial charge >= 0.3 is 0 Å². The lowest BCUT2D eigenvalue weighted by Crippen LogP contribution is -2.65. The Morgan fingerprint density at radius 3 is 2.53 bits per heavy atom. The van der Waals surface area contributed by atoms with E-state index in [9.17, 15) is 20.0 Å². The Kier molecular flexibility index (Phi) is 6.45. The number of aromatic nitrogens is 1. The Hall–Kier alpha value is -3.78. The van der Waals surface area contributed by atoms with Crippen LogP contribution in [0.15, 0.2) is 71.3 Å². The van der Waals surface area contributed by atoms with Gasteiger partial charge in [-0.2, -0.15) is 5.26 Å². The van der Waals surface area contributed by atoms with Gasteiger partial charge in [0.25, 0.3) is 11.8 Å². The normalized spacial score (nSPS) is 18.9. The van der Waals surface area contributed by atoms with Gasteiger partial charge in [0, 0.05) is 33.2 Å². The largest absolute Gasteiger partial charge is 0.397 e. The third kappa shape index (κ3) is 4.11. The summed E-state index contributed by atoms with van der Waals surface area (Å²) in [5, 5.41) is 23.3. The summed E-state index contributed by atoms with van der Waals surface area (Å²) in [4.78, 5) is 32.7. The molecule has 5 rings (SSSR count). The average Bonchev–Trinajstić information content (AvgIpc) is 3.22.